The number of benzene rings is 1. The van der Waals surface area contributed by atoms with Crippen molar-refractivity contribution in [3.05, 3.63) is 24.3 Å². The fourth-order valence-corrected chi connectivity index (χ4v) is 5.04. The predicted octanol–water partition coefficient (Wildman–Crippen LogP) is 0.950. The zero-order valence-electron chi connectivity index (χ0n) is 17.1. The summed E-state index contributed by atoms with van der Waals surface area (Å²) in [4.78, 5) is 31.8. The van der Waals surface area contributed by atoms with Crippen LogP contribution in [0.5, 0.6) is 5.75 Å². The van der Waals surface area contributed by atoms with Gasteiger partial charge in [0.1, 0.15) is 11.8 Å². The molecule has 0 unspecified atom stereocenters. The smallest absolute Gasteiger partial charge is 0.248 e. The number of para-hydroxylation sites is 2. The fraction of sp³-hybridized carbons (Fsp3) is 0.619. The summed E-state index contributed by atoms with van der Waals surface area (Å²) in [5, 5.41) is 9.22. The van der Waals surface area contributed by atoms with Gasteiger partial charge in [-0.2, -0.15) is 0 Å². The first-order chi connectivity index (χ1) is 14.0. The lowest BCUT2D eigenvalue weighted by atomic mass is 9.80. The van der Waals surface area contributed by atoms with Crippen LogP contribution in [0.15, 0.2) is 24.3 Å². The number of rotatable bonds is 4. The first-order valence-corrected chi connectivity index (χ1v) is 10.3. The van der Waals surface area contributed by atoms with Crippen LogP contribution >= 0.6 is 0 Å². The number of likely N-dealkylation sites (N-methyl/N-ethyl adjacent to an activating group) is 1. The zero-order valence-corrected chi connectivity index (χ0v) is 17.1. The van der Waals surface area contributed by atoms with Gasteiger partial charge in [0.05, 0.1) is 18.7 Å². The van der Waals surface area contributed by atoms with Crippen molar-refractivity contribution in [2.45, 2.75) is 25.3 Å². The van der Waals surface area contributed by atoms with Gasteiger partial charge in [-0.05, 0) is 43.9 Å². The number of amides is 2. The number of hydrogen-bond acceptors (Lipinski definition) is 6. The maximum Gasteiger partial charge on any atom is 0.248 e. The summed E-state index contributed by atoms with van der Waals surface area (Å²) < 4.78 is 5.46. The molecule has 1 spiro atoms. The van der Waals surface area contributed by atoms with E-state index in [2.05, 4.69) is 4.90 Å². The quantitative estimate of drug-likeness (QED) is 0.576. The molecule has 8 heteroatoms. The van der Waals surface area contributed by atoms with Crippen molar-refractivity contribution in [3.63, 3.8) is 0 Å². The third-order valence-corrected chi connectivity index (χ3v) is 6.77. The average molecular weight is 402 g/mol. The van der Waals surface area contributed by atoms with Crippen molar-refractivity contribution >= 4 is 17.5 Å². The van der Waals surface area contributed by atoms with Gasteiger partial charge in [0.15, 0.2) is 0 Å². The monoisotopic (exact) mass is 402 g/mol. The molecule has 2 atom stereocenters. The molecule has 1 aliphatic carbocycles. The van der Waals surface area contributed by atoms with Crippen LogP contribution in [0.25, 0.3) is 0 Å². The van der Waals surface area contributed by atoms with E-state index in [1.807, 2.05) is 41.1 Å². The van der Waals surface area contributed by atoms with Crippen molar-refractivity contribution in [1.29, 1.82) is 0 Å². The summed E-state index contributed by atoms with van der Waals surface area (Å²) in [6.07, 6.45) is 2.84. The molecule has 3 fully saturated rings. The fourth-order valence-electron chi connectivity index (χ4n) is 5.04. The van der Waals surface area contributed by atoms with E-state index < -0.39 is 17.9 Å². The van der Waals surface area contributed by atoms with E-state index in [4.69, 9.17) is 4.74 Å². The third kappa shape index (κ3) is 3.79. The zero-order chi connectivity index (χ0) is 20.6. The van der Waals surface area contributed by atoms with Crippen LogP contribution in [0.1, 0.15) is 19.3 Å². The number of piperidine rings is 1. The van der Waals surface area contributed by atoms with E-state index in [0.29, 0.717) is 32.6 Å². The summed E-state index contributed by atoms with van der Waals surface area (Å²) in [7, 11) is 3.58. The van der Waals surface area contributed by atoms with E-state index in [1.165, 1.54) is 0 Å². The van der Waals surface area contributed by atoms with E-state index >= 15 is 0 Å². The summed E-state index contributed by atoms with van der Waals surface area (Å²) in [5.74, 6) is -0.153. The molecule has 29 heavy (non-hydrogen) atoms. The number of methoxy groups -OCH3 is 1. The second-order valence-corrected chi connectivity index (χ2v) is 8.63. The average Bonchev–Trinajstić information content (AvgIpc) is 3.50. The lowest BCUT2D eigenvalue weighted by Crippen LogP contribution is -2.61. The number of carbonyl (C=O) groups excluding carboxylic acids is 2. The minimum atomic E-state index is -0.522. The van der Waals surface area contributed by atoms with Gasteiger partial charge in [0.25, 0.3) is 0 Å². The molecule has 2 saturated heterocycles. The van der Waals surface area contributed by atoms with Crippen molar-refractivity contribution in [1.82, 2.24) is 15.3 Å². The molecule has 3 aliphatic rings. The molecule has 1 aromatic rings. The molecular weight excluding hydrogens is 372 g/mol. The highest BCUT2D eigenvalue weighted by Crippen LogP contribution is 2.54. The molecule has 158 valence electrons. The van der Waals surface area contributed by atoms with Crippen molar-refractivity contribution in [3.8, 4) is 5.75 Å². The Kier molecular flexibility index (Phi) is 5.40. The Morgan fingerprint density at radius 1 is 1.17 bits per heavy atom. The van der Waals surface area contributed by atoms with Gasteiger partial charge in [-0.3, -0.25) is 19.7 Å². The summed E-state index contributed by atoms with van der Waals surface area (Å²) in [6, 6.07) is 7.38. The Balaban J connectivity index is 1.45. The van der Waals surface area contributed by atoms with Crippen LogP contribution in [-0.2, 0) is 9.59 Å². The van der Waals surface area contributed by atoms with Crippen molar-refractivity contribution in [2.24, 2.45) is 11.3 Å². The number of ether oxygens (including phenoxy) is 1. The molecule has 2 heterocycles. The van der Waals surface area contributed by atoms with E-state index in [0.717, 1.165) is 30.8 Å². The van der Waals surface area contributed by atoms with Crippen LogP contribution in [0.3, 0.4) is 0 Å². The highest BCUT2D eigenvalue weighted by Gasteiger charge is 2.55. The second-order valence-electron chi connectivity index (χ2n) is 8.63. The summed E-state index contributed by atoms with van der Waals surface area (Å²) in [5.41, 5.74) is 2.97. The number of nitrogens with one attached hydrogen (secondary N) is 1. The van der Waals surface area contributed by atoms with Crippen molar-refractivity contribution < 1.29 is 19.5 Å². The topological polar surface area (TPSA) is 85.3 Å². The first-order valence-electron chi connectivity index (χ1n) is 10.3. The van der Waals surface area contributed by atoms with Crippen molar-refractivity contribution in [2.75, 3.05) is 51.8 Å². The van der Waals surface area contributed by atoms with E-state index in [-0.39, 0.29) is 11.3 Å². The van der Waals surface area contributed by atoms with E-state index in [9.17, 15) is 14.8 Å². The maximum atomic E-state index is 13.4. The Morgan fingerprint density at radius 3 is 2.48 bits per heavy atom. The Hall–Kier alpha value is -2.32. The Labute approximate surface area is 171 Å². The SMILES string of the molecule is COc1ccccc1N1CCN(C(=O)[C@@H]2[C@@H](C(=O)NO)CC3(CC3)CN2C)CC1. The Bertz CT molecular complexity index is 774. The molecule has 2 aliphatic heterocycles. The highest BCUT2D eigenvalue weighted by molar-refractivity contribution is 5.90. The maximum absolute atomic E-state index is 13.4. The highest BCUT2D eigenvalue weighted by atomic mass is 16.5. The van der Waals surface area contributed by atoms with Crippen LogP contribution in [0, 0.1) is 11.3 Å². The molecular formula is C21H30N4O4. The van der Waals surface area contributed by atoms with Gasteiger partial charge >= 0.3 is 0 Å². The number of hydrogen-bond donors (Lipinski definition) is 2. The number of hydroxylamine groups is 1. The lowest BCUT2D eigenvalue weighted by molar-refractivity contribution is -0.150. The largest absolute Gasteiger partial charge is 0.495 e. The Morgan fingerprint density at radius 2 is 1.86 bits per heavy atom. The van der Waals surface area contributed by atoms with Crippen LogP contribution in [0.4, 0.5) is 5.69 Å². The lowest BCUT2D eigenvalue weighted by Gasteiger charge is -2.45. The number of likely N-dealkylation sites (tertiary alicyclic amines) is 1. The third-order valence-electron chi connectivity index (χ3n) is 6.77. The molecule has 1 aromatic carbocycles. The second kappa shape index (κ2) is 7.84. The summed E-state index contributed by atoms with van der Waals surface area (Å²) >= 11 is 0. The van der Waals surface area contributed by atoms with Gasteiger partial charge in [-0.15, -0.1) is 0 Å². The molecule has 1 saturated carbocycles. The standard InChI is InChI=1S/C21H30N4O4/c1-23-14-21(7-8-21)13-15(19(26)22-28)18(23)20(27)25-11-9-24(10-12-25)16-5-3-4-6-17(16)29-2/h3-6,15,18,28H,7-14H2,1-2H3,(H,22,26)/t15-,18-/m0/s1. The van der Waals surface area contributed by atoms with Crippen LogP contribution in [-0.4, -0.2) is 79.7 Å². The molecule has 4 rings (SSSR count). The molecule has 2 amide bonds. The molecule has 0 radical (unpaired) electrons. The number of nitrogens with zero attached hydrogens (tertiary/aromatic N) is 3. The van der Waals surface area contributed by atoms with Gasteiger partial charge in [0.2, 0.25) is 11.8 Å². The van der Waals surface area contributed by atoms with Crippen LogP contribution < -0.4 is 15.1 Å². The molecule has 0 aromatic heterocycles. The van der Waals surface area contributed by atoms with Gasteiger partial charge in [-0.1, -0.05) is 12.1 Å². The number of carbonyl (C=O) groups is 2. The normalized spacial score (nSPS) is 26.3. The van der Waals surface area contributed by atoms with E-state index in [1.54, 1.807) is 12.6 Å². The molecule has 2 N–H and O–H groups in total. The minimum Gasteiger partial charge on any atom is -0.495 e. The van der Waals surface area contributed by atoms with Gasteiger partial charge < -0.3 is 14.5 Å². The predicted molar refractivity (Wildman–Crippen MR) is 108 cm³/mol. The first kappa shape index (κ1) is 20.0. The van der Waals surface area contributed by atoms with Gasteiger partial charge in [0, 0.05) is 32.7 Å². The number of anilines is 1. The summed E-state index contributed by atoms with van der Waals surface area (Å²) in [6.45, 7) is 3.45. The molecule has 8 nitrogen and oxygen atoms in total. The minimum absolute atomic E-state index is 0.0173. The van der Waals surface area contributed by atoms with Crippen LogP contribution in [0.2, 0.25) is 0 Å². The molecule has 0 bridgehead atoms. The number of piperazine rings is 1. The van der Waals surface area contributed by atoms with Gasteiger partial charge in [-0.25, -0.2) is 5.48 Å².